The van der Waals surface area contributed by atoms with Crippen LogP contribution in [0.1, 0.15) is 33.1 Å². The molecule has 1 atom stereocenters. The molecule has 3 amide bonds. The zero-order valence-electron chi connectivity index (χ0n) is 16.5. The SMILES string of the molecule is BC(=O)CCC(C)(C)SSCCC(C(=O)NCCN1C(=O)C=CC1=O)S(=O)(=O)O. The summed E-state index contributed by atoms with van der Waals surface area (Å²) < 4.78 is 32.3. The monoisotopic (exact) mass is 464 g/mol. The van der Waals surface area contributed by atoms with Gasteiger partial charge in [0, 0.05) is 35.7 Å². The van der Waals surface area contributed by atoms with E-state index in [-0.39, 0.29) is 29.9 Å². The standard InChI is InChI=1S/C16H25BN2O7S3/c1-16(2,7-5-12(17)20)28-27-10-6-11(29(24,25)26)15(23)18-8-9-19-13(21)3-4-14(19)22/h3-4,11H,5-10,17H2,1-2H3,(H,18,23)(H,24,25,26). The zero-order valence-corrected chi connectivity index (χ0v) is 19.0. The van der Waals surface area contributed by atoms with Crippen LogP contribution in [0.2, 0.25) is 0 Å². The van der Waals surface area contributed by atoms with E-state index >= 15 is 0 Å². The van der Waals surface area contributed by atoms with Crippen LogP contribution in [0.3, 0.4) is 0 Å². The number of hydrogen-bond acceptors (Lipinski definition) is 8. The van der Waals surface area contributed by atoms with Gasteiger partial charge in [-0.2, -0.15) is 8.42 Å². The van der Waals surface area contributed by atoms with Crippen LogP contribution in [0.5, 0.6) is 0 Å². The Balaban J connectivity index is 2.47. The summed E-state index contributed by atoms with van der Waals surface area (Å²) in [6.07, 6.45) is 3.24. The van der Waals surface area contributed by atoms with Gasteiger partial charge in [-0.3, -0.25) is 23.8 Å². The van der Waals surface area contributed by atoms with E-state index < -0.39 is 33.1 Å². The van der Waals surface area contributed by atoms with Crippen molar-refractivity contribution in [3.05, 3.63) is 12.2 Å². The molecular weight excluding hydrogens is 439 g/mol. The lowest BCUT2D eigenvalue weighted by molar-refractivity contribution is -0.137. The first-order valence-electron chi connectivity index (χ1n) is 8.91. The van der Waals surface area contributed by atoms with E-state index in [0.717, 1.165) is 17.1 Å². The number of imide groups is 1. The fraction of sp³-hybridized carbons (Fsp3) is 0.625. The molecule has 0 aromatic carbocycles. The van der Waals surface area contributed by atoms with E-state index in [1.807, 2.05) is 13.8 Å². The summed E-state index contributed by atoms with van der Waals surface area (Å²) in [7, 11) is -0.238. The Morgan fingerprint density at radius 1 is 1.28 bits per heavy atom. The van der Waals surface area contributed by atoms with E-state index in [1.165, 1.54) is 29.4 Å². The molecule has 0 aliphatic carbocycles. The third kappa shape index (κ3) is 9.36. The molecule has 0 saturated heterocycles. The van der Waals surface area contributed by atoms with Crippen LogP contribution in [0.25, 0.3) is 0 Å². The van der Waals surface area contributed by atoms with Crippen molar-refractivity contribution in [3.8, 4) is 0 Å². The lowest BCUT2D eigenvalue weighted by Gasteiger charge is -2.23. The average molecular weight is 464 g/mol. The molecule has 0 aromatic heterocycles. The summed E-state index contributed by atoms with van der Waals surface area (Å²) in [4.78, 5) is 47.1. The maximum absolute atomic E-state index is 12.2. The predicted octanol–water partition coefficient (Wildman–Crippen LogP) is -0.226. The van der Waals surface area contributed by atoms with Crippen molar-refractivity contribution in [2.75, 3.05) is 18.8 Å². The van der Waals surface area contributed by atoms with Crippen molar-refractivity contribution >= 4 is 63.0 Å². The van der Waals surface area contributed by atoms with Gasteiger partial charge in [-0.05, 0) is 33.1 Å². The van der Waals surface area contributed by atoms with Gasteiger partial charge in [0.05, 0.1) is 5.68 Å². The Kier molecular flexibility index (Phi) is 9.92. The third-order valence-electron chi connectivity index (χ3n) is 4.01. The smallest absolute Gasteiger partial charge is 0.276 e. The number of hydrogen-bond donors (Lipinski definition) is 2. The molecule has 29 heavy (non-hydrogen) atoms. The van der Waals surface area contributed by atoms with Gasteiger partial charge in [0.1, 0.15) is 0 Å². The second-order valence-corrected chi connectivity index (χ2v) is 11.8. The Morgan fingerprint density at radius 2 is 1.86 bits per heavy atom. The van der Waals surface area contributed by atoms with Crippen molar-refractivity contribution < 1.29 is 32.1 Å². The molecule has 0 fully saturated rings. The topological polar surface area (TPSA) is 138 Å². The molecule has 1 aliphatic rings. The van der Waals surface area contributed by atoms with Crippen molar-refractivity contribution in [1.29, 1.82) is 0 Å². The lowest BCUT2D eigenvalue weighted by atomic mass is 9.94. The van der Waals surface area contributed by atoms with Gasteiger partial charge in [0.15, 0.2) is 13.1 Å². The molecule has 1 rings (SSSR count). The molecule has 2 N–H and O–H groups in total. The molecule has 9 nitrogen and oxygen atoms in total. The van der Waals surface area contributed by atoms with Crippen LogP contribution < -0.4 is 5.32 Å². The second-order valence-electron chi connectivity index (χ2n) is 7.11. The van der Waals surface area contributed by atoms with Crippen LogP contribution in [-0.2, 0) is 29.3 Å². The first-order valence-corrected chi connectivity index (χ1v) is 12.7. The van der Waals surface area contributed by atoms with Crippen LogP contribution in [0.15, 0.2) is 12.2 Å². The largest absolute Gasteiger partial charge is 0.353 e. The van der Waals surface area contributed by atoms with Gasteiger partial charge in [-0.1, -0.05) is 21.6 Å². The highest BCUT2D eigenvalue weighted by atomic mass is 33.1. The second kappa shape index (κ2) is 11.2. The Morgan fingerprint density at radius 3 is 2.38 bits per heavy atom. The molecule has 1 aliphatic heterocycles. The third-order valence-corrected chi connectivity index (χ3v) is 8.57. The zero-order chi connectivity index (χ0) is 22.2. The summed E-state index contributed by atoms with van der Waals surface area (Å²) in [5, 5.41) is 0.702. The van der Waals surface area contributed by atoms with Crippen molar-refractivity contribution in [1.82, 2.24) is 10.2 Å². The lowest BCUT2D eigenvalue weighted by Crippen LogP contribution is -2.44. The minimum absolute atomic E-state index is 0.0937. The number of amides is 3. The molecule has 0 aromatic rings. The molecule has 162 valence electrons. The number of nitrogens with zero attached hydrogens (tertiary/aromatic N) is 1. The maximum Gasteiger partial charge on any atom is 0.276 e. The maximum atomic E-state index is 12.2. The molecule has 0 saturated carbocycles. The van der Waals surface area contributed by atoms with E-state index in [1.54, 1.807) is 0 Å². The van der Waals surface area contributed by atoms with Crippen LogP contribution in [0.4, 0.5) is 0 Å². The molecule has 0 spiro atoms. The summed E-state index contributed by atoms with van der Waals surface area (Å²) in [6.45, 7) is 3.72. The number of carbonyl (C=O) groups excluding carboxylic acids is 4. The summed E-state index contributed by atoms with van der Waals surface area (Å²) in [6, 6.07) is 0. The van der Waals surface area contributed by atoms with Crippen LogP contribution in [0, 0.1) is 0 Å². The predicted molar refractivity (Wildman–Crippen MR) is 116 cm³/mol. The fourth-order valence-corrected chi connectivity index (χ4v) is 5.93. The highest BCUT2D eigenvalue weighted by molar-refractivity contribution is 8.77. The van der Waals surface area contributed by atoms with E-state index in [9.17, 15) is 32.1 Å². The van der Waals surface area contributed by atoms with Gasteiger partial charge >= 0.3 is 0 Å². The van der Waals surface area contributed by atoms with E-state index in [2.05, 4.69) is 5.32 Å². The molecule has 0 bridgehead atoms. The normalized spacial score (nSPS) is 15.6. The molecule has 0 radical (unpaired) electrons. The van der Waals surface area contributed by atoms with Crippen molar-refractivity contribution in [2.24, 2.45) is 0 Å². The summed E-state index contributed by atoms with van der Waals surface area (Å²) in [5.74, 6) is -1.60. The molecule has 1 unspecified atom stereocenters. The van der Waals surface area contributed by atoms with Crippen molar-refractivity contribution in [3.63, 3.8) is 0 Å². The van der Waals surface area contributed by atoms with Gasteiger partial charge in [0.2, 0.25) is 5.91 Å². The van der Waals surface area contributed by atoms with Crippen LogP contribution in [-0.4, -0.2) is 78.0 Å². The quantitative estimate of drug-likeness (QED) is 0.124. The van der Waals surface area contributed by atoms with Crippen molar-refractivity contribution in [2.45, 2.75) is 43.1 Å². The fourth-order valence-electron chi connectivity index (χ4n) is 2.35. The highest BCUT2D eigenvalue weighted by Crippen LogP contribution is 2.39. The molecule has 1 heterocycles. The Labute approximate surface area is 179 Å². The number of rotatable bonds is 13. The minimum atomic E-state index is -4.61. The van der Waals surface area contributed by atoms with Gasteiger partial charge < -0.3 is 10.1 Å². The number of nitrogens with one attached hydrogen (secondary N) is 1. The highest BCUT2D eigenvalue weighted by Gasteiger charge is 2.31. The Hall–Kier alpha value is -1.31. The summed E-state index contributed by atoms with van der Waals surface area (Å²) >= 11 is 0. The van der Waals surface area contributed by atoms with Gasteiger partial charge in [-0.25, -0.2) is 0 Å². The van der Waals surface area contributed by atoms with Crippen LogP contribution >= 0.6 is 21.6 Å². The van der Waals surface area contributed by atoms with E-state index in [4.69, 9.17) is 0 Å². The molecule has 13 heteroatoms. The minimum Gasteiger partial charge on any atom is -0.353 e. The number of carbonyl (C=O) groups is 4. The Bertz CT molecular complexity index is 765. The van der Waals surface area contributed by atoms with Gasteiger partial charge in [0.25, 0.3) is 21.9 Å². The summed E-state index contributed by atoms with van der Waals surface area (Å²) in [5.41, 5.74) is 0.0971. The molecular formula is C16H25BN2O7S3. The average Bonchev–Trinajstić information content (AvgIpc) is 2.90. The first-order chi connectivity index (χ1) is 13.3. The van der Waals surface area contributed by atoms with E-state index in [0.29, 0.717) is 18.6 Å². The van der Waals surface area contributed by atoms with Gasteiger partial charge in [-0.15, -0.1) is 0 Å². The first kappa shape index (κ1) is 25.7.